The molecule has 0 aliphatic carbocycles. The Bertz CT molecular complexity index is 373. The summed E-state index contributed by atoms with van der Waals surface area (Å²) in [6.45, 7) is 2.12. The zero-order valence-electron chi connectivity index (χ0n) is 11.4. The van der Waals surface area contributed by atoms with E-state index in [9.17, 15) is 14.4 Å². The summed E-state index contributed by atoms with van der Waals surface area (Å²) < 4.78 is 0. The molecule has 6 heteroatoms. The molecule has 0 bridgehead atoms. The quantitative estimate of drug-likeness (QED) is 0.740. The van der Waals surface area contributed by atoms with Crippen molar-refractivity contribution in [2.75, 3.05) is 33.2 Å². The highest BCUT2D eigenvalue weighted by molar-refractivity contribution is 5.85. The number of hydrogen-bond acceptors (Lipinski definition) is 4. The van der Waals surface area contributed by atoms with Gasteiger partial charge in [0.25, 0.3) is 0 Å². The summed E-state index contributed by atoms with van der Waals surface area (Å²) in [6.07, 6.45) is 2.69. The van der Waals surface area contributed by atoms with Crippen molar-refractivity contribution in [3.05, 3.63) is 0 Å². The van der Waals surface area contributed by atoms with Gasteiger partial charge in [-0.25, -0.2) is 0 Å². The monoisotopic (exact) mass is 267 g/mol. The van der Waals surface area contributed by atoms with Gasteiger partial charge in [0.2, 0.25) is 11.8 Å². The van der Waals surface area contributed by atoms with Gasteiger partial charge in [0.15, 0.2) is 0 Å². The number of likely N-dealkylation sites (N-methyl/N-ethyl adjacent to an activating group) is 1. The molecule has 2 amide bonds. The van der Waals surface area contributed by atoms with E-state index in [1.807, 2.05) is 4.90 Å². The largest absolute Gasteiger partial charge is 0.358 e. The lowest BCUT2D eigenvalue weighted by atomic mass is 10.1. The highest BCUT2D eigenvalue weighted by Crippen LogP contribution is 2.17. The van der Waals surface area contributed by atoms with Gasteiger partial charge in [-0.3, -0.25) is 19.3 Å². The summed E-state index contributed by atoms with van der Waals surface area (Å²) in [4.78, 5) is 38.7. The second-order valence-electron chi connectivity index (χ2n) is 5.16. The number of piperidine rings is 1. The molecule has 2 aliphatic heterocycles. The lowest BCUT2D eigenvalue weighted by molar-refractivity contribution is -0.136. The van der Waals surface area contributed by atoms with Gasteiger partial charge < -0.3 is 10.2 Å². The van der Waals surface area contributed by atoms with E-state index in [1.165, 1.54) is 0 Å². The second-order valence-corrected chi connectivity index (χ2v) is 5.16. The second kappa shape index (κ2) is 6.14. The molecule has 2 rings (SSSR count). The minimum absolute atomic E-state index is 0.0147. The minimum Gasteiger partial charge on any atom is -0.358 e. The number of carbonyl (C=O) groups excluding carboxylic acids is 3. The van der Waals surface area contributed by atoms with Crippen LogP contribution in [-0.4, -0.2) is 66.7 Å². The third-order valence-electron chi connectivity index (χ3n) is 3.92. The van der Waals surface area contributed by atoms with Crippen LogP contribution in [0.25, 0.3) is 0 Å². The number of likely N-dealkylation sites (tertiary alicyclic amines) is 2. The molecule has 2 fully saturated rings. The molecule has 0 aromatic carbocycles. The van der Waals surface area contributed by atoms with Crippen molar-refractivity contribution in [3.8, 4) is 0 Å². The average molecular weight is 267 g/mol. The third-order valence-corrected chi connectivity index (χ3v) is 3.92. The van der Waals surface area contributed by atoms with Crippen LogP contribution >= 0.6 is 0 Å². The minimum atomic E-state index is -0.180. The highest BCUT2D eigenvalue weighted by atomic mass is 16.2. The highest BCUT2D eigenvalue weighted by Gasteiger charge is 2.32. The summed E-state index contributed by atoms with van der Waals surface area (Å²) >= 11 is 0. The smallest absolute Gasteiger partial charge is 0.237 e. The maximum Gasteiger partial charge on any atom is 0.237 e. The van der Waals surface area contributed by atoms with Gasteiger partial charge in [-0.1, -0.05) is 0 Å². The fourth-order valence-electron chi connectivity index (χ4n) is 2.76. The van der Waals surface area contributed by atoms with Crippen molar-refractivity contribution in [2.45, 2.75) is 31.7 Å². The van der Waals surface area contributed by atoms with Crippen LogP contribution in [-0.2, 0) is 14.4 Å². The number of rotatable bonds is 3. The van der Waals surface area contributed by atoms with E-state index in [2.05, 4.69) is 5.32 Å². The Morgan fingerprint density at radius 1 is 1.26 bits per heavy atom. The number of ketones is 1. The number of hydrogen-bond donors (Lipinski definition) is 1. The normalized spacial score (nSPS) is 24.6. The van der Waals surface area contributed by atoms with Gasteiger partial charge in [0, 0.05) is 33.0 Å². The number of Topliss-reactive ketones (excluding diaryl/α,β-unsaturated/α-hetero) is 1. The topological polar surface area (TPSA) is 69.7 Å². The van der Waals surface area contributed by atoms with Crippen LogP contribution in [0.3, 0.4) is 0 Å². The molecule has 19 heavy (non-hydrogen) atoms. The molecule has 0 saturated carbocycles. The third kappa shape index (κ3) is 3.32. The van der Waals surface area contributed by atoms with E-state index in [0.717, 1.165) is 19.4 Å². The maximum absolute atomic E-state index is 12.2. The van der Waals surface area contributed by atoms with Crippen molar-refractivity contribution in [1.82, 2.24) is 15.1 Å². The van der Waals surface area contributed by atoms with Gasteiger partial charge in [0.05, 0.1) is 12.6 Å². The Labute approximate surface area is 113 Å². The molecule has 2 saturated heterocycles. The Hall–Kier alpha value is -1.43. The molecule has 0 aromatic rings. The van der Waals surface area contributed by atoms with Crippen molar-refractivity contribution in [3.63, 3.8) is 0 Å². The number of carbonyl (C=O) groups is 3. The fraction of sp³-hybridized carbons (Fsp3) is 0.769. The lowest BCUT2D eigenvalue weighted by Crippen LogP contribution is -2.48. The van der Waals surface area contributed by atoms with Crippen LogP contribution in [0.2, 0.25) is 0 Å². The lowest BCUT2D eigenvalue weighted by Gasteiger charge is -2.29. The zero-order valence-corrected chi connectivity index (χ0v) is 11.4. The van der Waals surface area contributed by atoms with Crippen molar-refractivity contribution < 1.29 is 14.4 Å². The van der Waals surface area contributed by atoms with Gasteiger partial charge in [-0.15, -0.1) is 0 Å². The van der Waals surface area contributed by atoms with Crippen LogP contribution in [0, 0.1) is 0 Å². The van der Waals surface area contributed by atoms with E-state index >= 15 is 0 Å². The molecule has 1 N–H and O–H groups in total. The molecule has 106 valence electrons. The molecule has 6 nitrogen and oxygen atoms in total. The van der Waals surface area contributed by atoms with Gasteiger partial charge in [-0.2, -0.15) is 0 Å². The predicted molar refractivity (Wildman–Crippen MR) is 69.5 cm³/mol. The summed E-state index contributed by atoms with van der Waals surface area (Å²) in [5.41, 5.74) is 0. The van der Waals surface area contributed by atoms with Gasteiger partial charge in [-0.05, 0) is 19.4 Å². The molecule has 2 aliphatic rings. The van der Waals surface area contributed by atoms with Crippen molar-refractivity contribution in [2.24, 2.45) is 0 Å². The van der Waals surface area contributed by atoms with Crippen LogP contribution in [0.5, 0.6) is 0 Å². The van der Waals surface area contributed by atoms with Gasteiger partial charge >= 0.3 is 0 Å². The first kappa shape index (κ1) is 14.0. The SMILES string of the molecule is CNC(=O)C1CCCN1CC(=O)N1CCC(=O)CC1. The Morgan fingerprint density at radius 3 is 2.58 bits per heavy atom. The molecule has 0 spiro atoms. The maximum atomic E-state index is 12.2. The summed E-state index contributed by atoms with van der Waals surface area (Å²) in [6, 6.07) is -0.180. The summed E-state index contributed by atoms with van der Waals surface area (Å²) in [5, 5.41) is 2.65. The van der Waals surface area contributed by atoms with Crippen molar-refractivity contribution >= 4 is 17.6 Å². The van der Waals surface area contributed by atoms with Gasteiger partial charge in [0.1, 0.15) is 5.78 Å². The van der Waals surface area contributed by atoms with E-state index in [0.29, 0.717) is 25.9 Å². The fourth-order valence-corrected chi connectivity index (χ4v) is 2.76. The van der Waals surface area contributed by atoms with Crippen LogP contribution < -0.4 is 5.32 Å². The number of amides is 2. The number of nitrogens with one attached hydrogen (secondary N) is 1. The average Bonchev–Trinajstić information content (AvgIpc) is 2.86. The Morgan fingerprint density at radius 2 is 1.95 bits per heavy atom. The first-order chi connectivity index (χ1) is 9.11. The molecular formula is C13H21N3O3. The Kier molecular flexibility index (Phi) is 4.52. The first-order valence-corrected chi connectivity index (χ1v) is 6.87. The Balaban J connectivity index is 1.87. The molecule has 1 unspecified atom stereocenters. The summed E-state index contributed by atoms with van der Waals surface area (Å²) in [5.74, 6) is 0.246. The first-order valence-electron chi connectivity index (χ1n) is 6.87. The van der Waals surface area contributed by atoms with E-state index in [-0.39, 0.29) is 30.2 Å². The summed E-state index contributed by atoms with van der Waals surface area (Å²) in [7, 11) is 1.62. The molecule has 1 atom stereocenters. The number of nitrogens with zero attached hydrogens (tertiary/aromatic N) is 2. The zero-order chi connectivity index (χ0) is 13.8. The standard InChI is InChI=1S/C13H21N3O3/c1-14-13(19)11-3-2-6-16(11)9-12(18)15-7-4-10(17)5-8-15/h11H,2-9H2,1H3,(H,14,19). The van der Waals surface area contributed by atoms with E-state index in [4.69, 9.17) is 0 Å². The van der Waals surface area contributed by atoms with E-state index < -0.39 is 0 Å². The van der Waals surface area contributed by atoms with Crippen molar-refractivity contribution in [1.29, 1.82) is 0 Å². The molecule has 2 heterocycles. The predicted octanol–water partition coefficient (Wildman–Crippen LogP) is -0.612. The molecule has 0 aromatic heterocycles. The molecule has 0 radical (unpaired) electrons. The van der Waals surface area contributed by atoms with Crippen LogP contribution in [0.4, 0.5) is 0 Å². The van der Waals surface area contributed by atoms with E-state index in [1.54, 1.807) is 11.9 Å². The van der Waals surface area contributed by atoms with Crippen LogP contribution in [0.15, 0.2) is 0 Å². The van der Waals surface area contributed by atoms with Crippen LogP contribution in [0.1, 0.15) is 25.7 Å². The molecular weight excluding hydrogens is 246 g/mol.